The van der Waals surface area contributed by atoms with Crippen molar-refractivity contribution in [2.45, 2.75) is 19.8 Å². The van der Waals surface area contributed by atoms with Crippen LogP contribution in [0.15, 0.2) is 24.4 Å². The normalized spacial score (nSPS) is 11.4. The molecular formula is C15H15FN2O2. The van der Waals surface area contributed by atoms with Crippen molar-refractivity contribution in [1.82, 2.24) is 10.2 Å². The van der Waals surface area contributed by atoms with Crippen LogP contribution in [0.25, 0.3) is 12.2 Å². The molecule has 0 radical (unpaired) electrons. The Morgan fingerprint density at radius 2 is 2.00 bits per heavy atom. The fourth-order valence-electron chi connectivity index (χ4n) is 1.93. The summed E-state index contributed by atoms with van der Waals surface area (Å²) >= 11 is 0. The zero-order valence-corrected chi connectivity index (χ0v) is 11.2. The molecule has 0 aliphatic carbocycles. The van der Waals surface area contributed by atoms with E-state index in [0.29, 0.717) is 5.69 Å². The zero-order chi connectivity index (χ0) is 14.7. The minimum Gasteiger partial charge on any atom is -0.507 e. The Morgan fingerprint density at radius 1 is 1.25 bits per heavy atom. The van der Waals surface area contributed by atoms with Crippen molar-refractivity contribution in [1.29, 1.82) is 0 Å². The number of benzene rings is 1. The summed E-state index contributed by atoms with van der Waals surface area (Å²) in [5, 5.41) is 27.2. The smallest absolute Gasteiger partial charge is 0.172 e. The number of halogens is 1. The number of hydrogen-bond acceptors (Lipinski definition) is 4. The Balaban J connectivity index is 2.42. The average Bonchev–Trinajstić information content (AvgIpc) is 2.42. The topological polar surface area (TPSA) is 66.2 Å². The van der Waals surface area contributed by atoms with Crippen LogP contribution < -0.4 is 0 Å². The van der Waals surface area contributed by atoms with Crippen LogP contribution in [0.2, 0.25) is 0 Å². The van der Waals surface area contributed by atoms with Gasteiger partial charge in [-0.1, -0.05) is 13.8 Å². The monoisotopic (exact) mass is 274 g/mol. The van der Waals surface area contributed by atoms with E-state index in [-0.39, 0.29) is 22.8 Å². The van der Waals surface area contributed by atoms with E-state index in [1.54, 1.807) is 32.1 Å². The first kappa shape index (κ1) is 14.0. The molecule has 1 aromatic carbocycles. The molecular weight excluding hydrogens is 259 g/mol. The van der Waals surface area contributed by atoms with E-state index in [9.17, 15) is 14.6 Å². The van der Waals surface area contributed by atoms with Gasteiger partial charge in [0.2, 0.25) is 0 Å². The lowest BCUT2D eigenvalue weighted by Gasteiger charge is -2.12. The highest BCUT2D eigenvalue weighted by Crippen LogP contribution is 2.38. The molecule has 5 heteroatoms. The third-order valence-corrected chi connectivity index (χ3v) is 2.89. The Hall–Kier alpha value is -2.43. The van der Waals surface area contributed by atoms with E-state index in [1.807, 2.05) is 0 Å². The number of nitrogens with zero attached hydrogens (tertiary/aromatic N) is 2. The lowest BCUT2D eigenvalue weighted by Crippen LogP contribution is -1.94. The predicted molar refractivity (Wildman–Crippen MR) is 74.8 cm³/mol. The number of aromatic nitrogens is 2. The van der Waals surface area contributed by atoms with Crippen LogP contribution in [0.4, 0.5) is 4.39 Å². The Kier molecular flexibility index (Phi) is 3.98. The van der Waals surface area contributed by atoms with E-state index in [0.717, 1.165) is 0 Å². The van der Waals surface area contributed by atoms with Crippen molar-refractivity contribution in [3.63, 3.8) is 0 Å². The van der Waals surface area contributed by atoms with Crippen molar-refractivity contribution >= 4 is 12.2 Å². The summed E-state index contributed by atoms with van der Waals surface area (Å²) in [5.74, 6) is -1.58. The lowest BCUT2D eigenvalue weighted by molar-refractivity contribution is 0.404. The van der Waals surface area contributed by atoms with Gasteiger partial charge in [-0.2, -0.15) is 10.2 Å². The highest BCUT2D eigenvalue weighted by atomic mass is 19.1. The van der Waals surface area contributed by atoms with Gasteiger partial charge in [-0.15, -0.1) is 0 Å². The summed E-state index contributed by atoms with van der Waals surface area (Å²) in [4.78, 5) is 0. The summed E-state index contributed by atoms with van der Waals surface area (Å²) in [7, 11) is 0. The fraction of sp³-hybridized carbons (Fsp3) is 0.200. The zero-order valence-electron chi connectivity index (χ0n) is 11.2. The number of rotatable bonds is 3. The minimum absolute atomic E-state index is 0.0926. The molecule has 104 valence electrons. The third kappa shape index (κ3) is 2.77. The summed E-state index contributed by atoms with van der Waals surface area (Å²) in [6.07, 6.45) is 4.52. The van der Waals surface area contributed by atoms with Crippen molar-refractivity contribution in [3.05, 3.63) is 47.0 Å². The molecule has 2 N–H and O–H groups in total. The van der Waals surface area contributed by atoms with Crippen molar-refractivity contribution in [2.24, 2.45) is 0 Å². The summed E-state index contributed by atoms with van der Waals surface area (Å²) in [5.41, 5.74) is 0.855. The maximum atomic E-state index is 14.1. The van der Waals surface area contributed by atoms with Gasteiger partial charge < -0.3 is 10.2 Å². The van der Waals surface area contributed by atoms with Gasteiger partial charge in [0.1, 0.15) is 5.75 Å². The maximum absolute atomic E-state index is 14.1. The predicted octanol–water partition coefficient (Wildman–Crippen LogP) is 3.32. The van der Waals surface area contributed by atoms with Crippen molar-refractivity contribution in [2.75, 3.05) is 0 Å². The second-order valence-corrected chi connectivity index (χ2v) is 4.70. The third-order valence-electron chi connectivity index (χ3n) is 2.89. The van der Waals surface area contributed by atoms with Gasteiger partial charge in [0.05, 0.1) is 5.69 Å². The van der Waals surface area contributed by atoms with E-state index in [2.05, 4.69) is 10.2 Å². The maximum Gasteiger partial charge on any atom is 0.172 e. The Bertz CT molecular complexity index is 640. The van der Waals surface area contributed by atoms with Crippen LogP contribution in [0.3, 0.4) is 0 Å². The fourth-order valence-corrected chi connectivity index (χ4v) is 1.93. The Labute approximate surface area is 116 Å². The molecule has 4 nitrogen and oxygen atoms in total. The summed E-state index contributed by atoms with van der Waals surface area (Å²) in [6, 6.07) is 4.71. The van der Waals surface area contributed by atoms with E-state index in [1.165, 1.54) is 18.3 Å². The lowest BCUT2D eigenvalue weighted by atomic mass is 9.98. The highest BCUT2D eigenvalue weighted by molar-refractivity contribution is 5.71. The molecule has 0 fully saturated rings. The van der Waals surface area contributed by atoms with Crippen LogP contribution in [-0.2, 0) is 0 Å². The number of phenolic OH excluding ortho intramolecular Hbond substituents is 2. The van der Waals surface area contributed by atoms with Gasteiger partial charge >= 0.3 is 0 Å². The molecule has 0 aliphatic rings. The quantitative estimate of drug-likeness (QED) is 0.901. The average molecular weight is 274 g/mol. The van der Waals surface area contributed by atoms with Gasteiger partial charge in [0.25, 0.3) is 0 Å². The van der Waals surface area contributed by atoms with Gasteiger partial charge in [-0.05, 0) is 36.3 Å². The molecule has 0 saturated heterocycles. The Morgan fingerprint density at radius 3 is 2.60 bits per heavy atom. The van der Waals surface area contributed by atoms with E-state index >= 15 is 0 Å². The van der Waals surface area contributed by atoms with Crippen LogP contribution in [-0.4, -0.2) is 20.4 Å². The molecule has 0 unspecified atom stereocenters. The van der Waals surface area contributed by atoms with Crippen LogP contribution in [0.1, 0.15) is 36.6 Å². The number of aromatic hydroxyl groups is 2. The minimum atomic E-state index is -0.758. The van der Waals surface area contributed by atoms with Crippen LogP contribution >= 0.6 is 0 Å². The van der Waals surface area contributed by atoms with Gasteiger partial charge in [-0.25, -0.2) is 4.39 Å². The van der Waals surface area contributed by atoms with Gasteiger partial charge in [0, 0.05) is 17.3 Å². The van der Waals surface area contributed by atoms with E-state index < -0.39 is 11.6 Å². The first-order valence-corrected chi connectivity index (χ1v) is 6.20. The second-order valence-electron chi connectivity index (χ2n) is 4.70. The largest absolute Gasteiger partial charge is 0.507 e. The van der Waals surface area contributed by atoms with E-state index in [4.69, 9.17) is 0 Å². The standard InChI is InChI=1S/C15H15FN2O2/c1-9(2)13-12(19)8-10(14(16)15(13)20)5-6-11-4-3-7-17-18-11/h3-9,19-20H,1-2H3. The molecule has 0 saturated carbocycles. The molecule has 1 aromatic heterocycles. The molecule has 2 rings (SSSR count). The highest BCUT2D eigenvalue weighted by Gasteiger charge is 2.18. The van der Waals surface area contributed by atoms with Crippen LogP contribution in [0, 0.1) is 5.82 Å². The molecule has 0 amide bonds. The molecule has 0 spiro atoms. The summed E-state index contributed by atoms with van der Waals surface area (Å²) in [6.45, 7) is 3.53. The van der Waals surface area contributed by atoms with Crippen LogP contribution in [0.5, 0.6) is 11.5 Å². The van der Waals surface area contributed by atoms with Gasteiger partial charge in [-0.3, -0.25) is 0 Å². The number of hydrogen-bond donors (Lipinski definition) is 2. The SMILES string of the molecule is CC(C)c1c(O)cc(C=Cc2cccnn2)c(F)c1O. The molecule has 0 bridgehead atoms. The molecule has 20 heavy (non-hydrogen) atoms. The first-order valence-electron chi connectivity index (χ1n) is 6.20. The van der Waals surface area contributed by atoms with Gasteiger partial charge in [0.15, 0.2) is 11.6 Å². The molecule has 0 atom stereocenters. The molecule has 0 aliphatic heterocycles. The second kappa shape index (κ2) is 5.69. The number of phenols is 2. The summed E-state index contributed by atoms with van der Waals surface area (Å²) < 4.78 is 14.1. The molecule has 2 aromatic rings. The van der Waals surface area contributed by atoms with Crippen molar-refractivity contribution in [3.8, 4) is 11.5 Å². The first-order chi connectivity index (χ1) is 9.50. The molecule has 1 heterocycles. The van der Waals surface area contributed by atoms with Crippen molar-refractivity contribution < 1.29 is 14.6 Å².